The molecule has 0 bridgehead atoms. The Morgan fingerprint density at radius 3 is 2.82 bits per heavy atom. The van der Waals surface area contributed by atoms with Gasteiger partial charge >= 0.3 is 5.97 Å². The van der Waals surface area contributed by atoms with Crippen molar-refractivity contribution in [1.29, 1.82) is 0 Å². The number of rotatable bonds is 5. The molecule has 0 radical (unpaired) electrons. The van der Waals surface area contributed by atoms with Crippen LogP contribution in [0.3, 0.4) is 0 Å². The van der Waals surface area contributed by atoms with Crippen LogP contribution in [-0.4, -0.2) is 26.3 Å². The molecule has 0 atom stereocenters. The van der Waals surface area contributed by atoms with Gasteiger partial charge in [0.1, 0.15) is 0 Å². The highest BCUT2D eigenvalue weighted by Gasteiger charge is 1.90. The molecule has 0 aromatic carbocycles. The fourth-order valence-corrected chi connectivity index (χ4v) is 0.556. The third-order valence-electron chi connectivity index (χ3n) is 1.03. The topological polar surface area (TPSA) is 35.5 Å². The Bertz CT molecular complexity index is 129. The standard InChI is InChI=1S/C8H14O3/c1-3-11-8(9)6-4-5-7-10-2/h4,6H,3,5,7H2,1-2H3/b6-4+. The fraction of sp³-hybridized carbons (Fsp3) is 0.625. The first-order valence-corrected chi connectivity index (χ1v) is 3.63. The van der Waals surface area contributed by atoms with E-state index in [1.54, 1.807) is 20.1 Å². The van der Waals surface area contributed by atoms with Crippen LogP contribution in [0.1, 0.15) is 13.3 Å². The maximum absolute atomic E-state index is 10.7. The lowest BCUT2D eigenvalue weighted by Gasteiger charge is -1.94. The second-order valence-corrected chi connectivity index (χ2v) is 1.94. The largest absolute Gasteiger partial charge is 0.463 e. The molecule has 0 aromatic rings. The number of methoxy groups -OCH3 is 1. The summed E-state index contributed by atoms with van der Waals surface area (Å²) in [7, 11) is 1.62. The molecule has 0 N–H and O–H groups in total. The first-order valence-electron chi connectivity index (χ1n) is 3.63. The van der Waals surface area contributed by atoms with Crippen molar-refractivity contribution in [2.75, 3.05) is 20.3 Å². The second-order valence-electron chi connectivity index (χ2n) is 1.94. The summed E-state index contributed by atoms with van der Waals surface area (Å²) >= 11 is 0. The molecular formula is C8H14O3. The number of carbonyl (C=O) groups is 1. The normalized spacial score (nSPS) is 10.4. The van der Waals surface area contributed by atoms with E-state index in [1.165, 1.54) is 6.08 Å². The maximum atomic E-state index is 10.7. The summed E-state index contributed by atoms with van der Waals surface area (Å²) < 4.78 is 9.44. The molecule has 3 heteroatoms. The number of carbonyl (C=O) groups excluding carboxylic acids is 1. The van der Waals surface area contributed by atoms with Gasteiger partial charge in [-0.2, -0.15) is 0 Å². The fourth-order valence-electron chi connectivity index (χ4n) is 0.556. The van der Waals surface area contributed by atoms with Gasteiger partial charge in [-0.3, -0.25) is 0 Å². The van der Waals surface area contributed by atoms with Gasteiger partial charge in [0.25, 0.3) is 0 Å². The molecule has 0 aliphatic rings. The average molecular weight is 158 g/mol. The van der Waals surface area contributed by atoms with E-state index in [9.17, 15) is 4.79 Å². The molecule has 0 aliphatic heterocycles. The highest BCUT2D eigenvalue weighted by atomic mass is 16.5. The van der Waals surface area contributed by atoms with Crippen LogP contribution in [0.4, 0.5) is 0 Å². The Morgan fingerprint density at radius 2 is 2.27 bits per heavy atom. The van der Waals surface area contributed by atoms with Crippen molar-refractivity contribution >= 4 is 5.97 Å². The van der Waals surface area contributed by atoms with Crippen LogP contribution in [0.2, 0.25) is 0 Å². The Morgan fingerprint density at radius 1 is 1.55 bits per heavy atom. The summed E-state index contributed by atoms with van der Waals surface area (Å²) in [6, 6.07) is 0. The number of ether oxygens (including phenoxy) is 2. The molecule has 0 heterocycles. The molecule has 0 spiro atoms. The quantitative estimate of drug-likeness (QED) is 0.342. The minimum Gasteiger partial charge on any atom is -0.463 e. The lowest BCUT2D eigenvalue weighted by atomic mass is 10.4. The Balaban J connectivity index is 3.32. The highest BCUT2D eigenvalue weighted by molar-refractivity contribution is 5.81. The molecule has 0 rings (SSSR count). The van der Waals surface area contributed by atoms with E-state index >= 15 is 0 Å². The molecule has 3 nitrogen and oxygen atoms in total. The van der Waals surface area contributed by atoms with E-state index in [0.29, 0.717) is 13.2 Å². The van der Waals surface area contributed by atoms with Crippen LogP contribution < -0.4 is 0 Å². The smallest absolute Gasteiger partial charge is 0.330 e. The molecule has 0 aromatic heterocycles. The molecule has 0 fully saturated rings. The summed E-state index contributed by atoms with van der Waals surface area (Å²) in [5.74, 6) is -0.288. The Labute approximate surface area is 67.0 Å². The molecule has 0 saturated heterocycles. The van der Waals surface area contributed by atoms with Crippen molar-refractivity contribution in [2.24, 2.45) is 0 Å². The van der Waals surface area contributed by atoms with Crippen LogP contribution >= 0.6 is 0 Å². The number of hydrogen-bond acceptors (Lipinski definition) is 3. The zero-order valence-corrected chi connectivity index (χ0v) is 7.00. The average Bonchev–Trinajstić information content (AvgIpc) is 1.99. The van der Waals surface area contributed by atoms with Gasteiger partial charge in [-0.25, -0.2) is 4.79 Å². The van der Waals surface area contributed by atoms with Crippen molar-refractivity contribution < 1.29 is 14.3 Å². The van der Waals surface area contributed by atoms with Crippen LogP contribution in [-0.2, 0) is 14.3 Å². The zero-order valence-electron chi connectivity index (χ0n) is 7.00. The Hall–Kier alpha value is -0.830. The summed E-state index contributed by atoms with van der Waals surface area (Å²) in [6.07, 6.45) is 3.90. The van der Waals surface area contributed by atoms with Crippen molar-refractivity contribution in [3.63, 3.8) is 0 Å². The summed E-state index contributed by atoms with van der Waals surface area (Å²) in [5.41, 5.74) is 0. The highest BCUT2D eigenvalue weighted by Crippen LogP contribution is 1.86. The Kier molecular flexibility index (Phi) is 6.73. The van der Waals surface area contributed by atoms with Crippen LogP contribution in [0.5, 0.6) is 0 Å². The minimum absolute atomic E-state index is 0.288. The maximum Gasteiger partial charge on any atom is 0.330 e. The molecule has 0 amide bonds. The molecule has 0 unspecified atom stereocenters. The molecular weight excluding hydrogens is 144 g/mol. The van der Waals surface area contributed by atoms with Gasteiger partial charge < -0.3 is 9.47 Å². The van der Waals surface area contributed by atoms with Crippen molar-refractivity contribution in [2.45, 2.75) is 13.3 Å². The van der Waals surface area contributed by atoms with Crippen LogP contribution in [0.25, 0.3) is 0 Å². The first kappa shape index (κ1) is 10.2. The van der Waals surface area contributed by atoms with E-state index < -0.39 is 0 Å². The summed E-state index contributed by atoms with van der Waals surface area (Å²) in [6.45, 7) is 2.84. The molecule has 0 aliphatic carbocycles. The van der Waals surface area contributed by atoms with Gasteiger partial charge in [0.15, 0.2) is 0 Å². The lowest BCUT2D eigenvalue weighted by molar-refractivity contribution is -0.137. The van der Waals surface area contributed by atoms with E-state index in [-0.39, 0.29) is 5.97 Å². The van der Waals surface area contributed by atoms with Gasteiger partial charge in [-0.15, -0.1) is 0 Å². The van der Waals surface area contributed by atoms with Crippen LogP contribution in [0.15, 0.2) is 12.2 Å². The van der Waals surface area contributed by atoms with E-state index in [4.69, 9.17) is 4.74 Å². The van der Waals surface area contributed by atoms with Crippen LogP contribution in [0, 0.1) is 0 Å². The second kappa shape index (κ2) is 7.28. The van der Waals surface area contributed by atoms with Crippen molar-refractivity contribution in [3.8, 4) is 0 Å². The van der Waals surface area contributed by atoms with Gasteiger partial charge in [0, 0.05) is 19.8 Å². The van der Waals surface area contributed by atoms with Gasteiger partial charge in [0.05, 0.1) is 6.61 Å². The predicted molar refractivity (Wildman–Crippen MR) is 42.3 cm³/mol. The number of hydrogen-bond donors (Lipinski definition) is 0. The zero-order chi connectivity index (χ0) is 8.53. The first-order chi connectivity index (χ1) is 5.31. The SMILES string of the molecule is CCOC(=O)/C=C/CCOC. The van der Waals surface area contributed by atoms with Crippen molar-refractivity contribution in [3.05, 3.63) is 12.2 Å². The van der Waals surface area contributed by atoms with Gasteiger partial charge in [-0.05, 0) is 13.3 Å². The summed E-state index contributed by atoms with van der Waals surface area (Å²) in [4.78, 5) is 10.7. The third kappa shape index (κ3) is 7.06. The van der Waals surface area contributed by atoms with E-state index in [0.717, 1.165) is 6.42 Å². The van der Waals surface area contributed by atoms with Gasteiger partial charge in [-0.1, -0.05) is 6.08 Å². The lowest BCUT2D eigenvalue weighted by Crippen LogP contribution is -1.99. The van der Waals surface area contributed by atoms with E-state index in [2.05, 4.69) is 4.74 Å². The predicted octanol–water partition coefficient (Wildman–Crippen LogP) is 1.14. The van der Waals surface area contributed by atoms with E-state index in [1.807, 2.05) is 0 Å². The minimum atomic E-state index is -0.288. The van der Waals surface area contributed by atoms with Crippen molar-refractivity contribution in [1.82, 2.24) is 0 Å². The molecule has 0 saturated carbocycles. The third-order valence-corrected chi connectivity index (χ3v) is 1.03. The molecule has 11 heavy (non-hydrogen) atoms. The summed E-state index contributed by atoms with van der Waals surface area (Å²) in [5, 5.41) is 0. The van der Waals surface area contributed by atoms with Gasteiger partial charge in [0.2, 0.25) is 0 Å². The monoisotopic (exact) mass is 158 g/mol. The number of esters is 1. The molecule has 64 valence electrons.